The Morgan fingerprint density at radius 3 is 2.52 bits per heavy atom. The fourth-order valence-electron chi connectivity index (χ4n) is 2.70. The molecule has 0 unspecified atom stereocenters. The first kappa shape index (κ1) is 22.3. The van der Waals surface area contributed by atoms with Crippen molar-refractivity contribution >= 4 is 11.9 Å². The maximum absolute atomic E-state index is 12.1. The highest BCUT2D eigenvalue weighted by molar-refractivity contribution is 5.89. The fraction of sp³-hybridized carbons (Fsp3) is 0.455. The summed E-state index contributed by atoms with van der Waals surface area (Å²) in [6.45, 7) is 6.80. The second-order valence-electron chi connectivity index (χ2n) is 7.21. The molecule has 2 aromatic rings. The molecule has 0 fully saturated rings. The third-order valence-electron chi connectivity index (χ3n) is 4.52. The Hall–Kier alpha value is -2.96. The monoisotopic (exact) mass is 399 g/mol. The molecule has 1 N–H and O–H groups in total. The van der Waals surface area contributed by atoms with Crippen LogP contribution in [0, 0.1) is 0 Å². The predicted octanol–water partition coefficient (Wildman–Crippen LogP) is 2.68. The smallest absolute Gasteiger partial charge is 0.359 e. The highest BCUT2D eigenvalue weighted by atomic mass is 16.5. The van der Waals surface area contributed by atoms with E-state index in [4.69, 9.17) is 4.74 Å². The summed E-state index contributed by atoms with van der Waals surface area (Å²) in [4.78, 5) is 35.7. The minimum absolute atomic E-state index is 0.0127. The van der Waals surface area contributed by atoms with E-state index >= 15 is 0 Å². The number of nitrogens with one attached hydrogen (secondary N) is 1. The second-order valence-corrected chi connectivity index (χ2v) is 7.21. The summed E-state index contributed by atoms with van der Waals surface area (Å²) >= 11 is 0. The first-order chi connectivity index (χ1) is 13.9. The van der Waals surface area contributed by atoms with E-state index in [2.05, 4.69) is 48.5 Å². The lowest BCUT2D eigenvalue weighted by Crippen LogP contribution is -2.31. The van der Waals surface area contributed by atoms with E-state index in [1.165, 1.54) is 22.4 Å². The maximum atomic E-state index is 12.1. The van der Waals surface area contributed by atoms with E-state index in [-0.39, 0.29) is 23.8 Å². The van der Waals surface area contributed by atoms with Crippen LogP contribution in [0.5, 0.6) is 0 Å². The molecule has 1 heterocycles. The Morgan fingerprint density at radius 1 is 1.14 bits per heavy atom. The molecule has 0 aliphatic rings. The lowest BCUT2D eigenvalue weighted by atomic mass is 10.0. The van der Waals surface area contributed by atoms with E-state index in [1.807, 2.05) is 6.92 Å². The molecule has 0 spiro atoms. The lowest BCUT2D eigenvalue weighted by Gasteiger charge is -2.09. The fourth-order valence-corrected chi connectivity index (χ4v) is 2.70. The van der Waals surface area contributed by atoms with Crippen LogP contribution in [0.15, 0.2) is 41.2 Å². The highest BCUT2D eigenvalue weighted by Gasteiger charge is 2.13. The Balaban J connectivity index is 1.77. The van der Waals surface area contributed by atoms with Crippen molar-refractivity contribution in [2.24, 2.45) is 0 Å². The van der Waals surface area contributed by atoms with E-state index in [0.29, 0.717) is 25.4 Å². The SMILES string of the molecule is CCCCn1nc(C(=O)OCC(=O)NCCc2ccc(C(C)C)cc2)ccc1=O. The van der Waals surface area contributed by atoms with E-state index in [0.717, 1.165) is 18.4 Å². The number of aromatic nitrogens is 2. The normalized spacial score (nSPS) is 10.8. The molecule has 1 aromatic heterocycles. The summed E-state index contributed by atoms with van der Waals surface area (Å²) in [7, 11) is 0. The number of ether oxygens (including phenoxy) is 1. The number of amides is 1. The molecule has 0 saturated heterocycles. The van der Waals surface area contributed by atoms with Crippen LogP contribution < -0.4 is 10.9 Å². The predicted molar refractivity (Wildman–Crippen MR) is 111 cm³/mol. The van der Waals surface area contributed by atoms with Gasteiger partial charge in [-0.1, -0.05) is 51.5 Å². The van der Waals surface area contributed by atoms with Crippen LogP contribution in [-0.4, -0.2) is 34.8 Å². The molecular formula is C22H29N3O4. The molecule has 0 aliphatic heterocycles. The average molecular weight is 399 g/mol. The molecule has 7 nitrogen and oxygen atoms in total. The molecule has 156 valence electrons. The zero-order valence-corrected chi connectivity index (χ0v) is 17.3. The van der Waals surface area contributed by atoms with Gasteiger partial charge >= 0.3 is 5.97 Å². The Bertz CT molecular complexity index is 872. The summed E-state index contributed by atoms with van der Waals surface area (Å²) in [5.74, 6) is -0.620. The van der Waals surface area contributed by atoms with Gasteiger partial charge in [0.25, 0.3) is 11.5 Å². The van der Waals surface area contributed by atoms with Gasteiger partial charge in [-0.15, -0.1) is 0 Å². The quantitative estimate of drug-likeness (QED) is 0.621. The summed E-state index contributed by atoms with van der Waals surface area (Å²) in [6.07, 6.45) is 2.39. The number of aryl methyl sites for hydroxylation is 1. The summed E-state index contributed by atoms with van der Waals surface area (Å²) in [5.41, 5.74) is 2.15. The van der Waals surface area contributed by atoms with Crippen LogP contribution in [0.1, 0.15) is 61.1 Å². The Kier molecular flexibility index (Phi) is 8.58. The minimum atomic E-state index is -0.727. The van der Waals surface area contributed by atoms with Gasteiger partial charge in [0.2, 0.25) is 0 Å². The molecule has 0 radical (unpaired) electrons. The van der Waals surface area contributed by atoms with E-state index in [1.54, 1.807) is 0 Å². The van der Waals surface area contributed by atoms with Crippen molar-refractivity contribution in [2.75, 3.05) is 13.2 Å². The van der Waals surface area contributed by atoms with E-state index in [9.17, 15) is 14.4 Å². The van der Waals surface area contributed by atoms with Crippen molar-refractivity contribution in [3.8, 4) is 0 Å². The Morgan fingerprint density at radius 2 is 1.86 bits per heavy atom. The van der Waals surface area contributed by atoms with Crippen molar-refractivity contribution < 1.29 is 14.3 Å². The second kappa shape index (κ2) is 11.1. The van der Waals surface area contributed by atoms with Gasteiger partial charge in [0.05, 0.1) is 0 Å². The zero-order chi connectivity index (χ0) is 21.2. The summed E-state index contributed by atoms with van der Waals surface area (Å²) in [5, 5.41) is 6.74. The van der Waals surface area contributed by atoms with Crippen molar-refractivity contribution in [2.45, 2.75) is 52.5 Å². The van der Waals surface area contributed by atoms with Gasteiger partial charge in [-0.3, -0.25) is 9.59 Å². The number of unbranched alkanes of at least 4 members (excludes halogenated alkanes) is 1. The largest absolute Gasteiger partial charge is 0.451 e. The highest BCUT2D eigenvalue weighted by Crippen LogP contribution is 2.14. The summed E-state index contributed by atoms with van der Waals surface area (Å²) < 4.78 is 6.25. The van der Waals surface area contributed by atoms with Crippen molar-refractivity contribution in [3.63, 3.8) is 0 Å². The molecule has 29 heavy (non-hydrogen) atoms. The van der Waals surface area contributed by atoms with Crippen molar-refractivity contribution in [3.05, 3.63) is 63.6 Å². The van der Waals surface area contributed by atoms with Crippen molar-refractivity contribution in [1.82, 2.24) is 15.1 Å². The van der Waals surface area contributed by atoms with Crippen LogP contribution in [0.25, 0.3) is 0 Å². The molecular weight excluding hydrogens is 370 g/mol. The van der Waals surface area contributed by atoms with Gasteiger partial charge in [-0.05, 0) is 36.0 Å². The number of hydrogen-bond donors (Lipinski definition) is 1. The zero-order valence-electron chi connectivity index (χ0n) is 17.3. The Labute approximate surface area is 171 Å². The van der Waals surface area contributed by atoms with Gasteiger partial charge in [-0.2, -0.15) is 5.10 Å². The number of rotatable bonds is 10. The van der Waals surface area contributed by atoms with E-state index < -0.39 is 5.97 Å². The topological polar surface area (TPSA) is 90.3 Å². The molecule has 1 aromatic carbocycles. The lowest BCUT2D eigenvalue weighted by molar-refractivity contribution is -0.124. The standard InChI is InChI=1S/C22H29N3O4/c1-4-5-14-25-21(27)11-10-19(24-25)22(28)29-15-20(26)23-13-12-17-6-8-18(9-7-17)16(2)3/h6-11,16H,4-5,12-15H2,1-3H3,(H,23,26). The number of hydrogen-bond acceptors (Lipinski definition) is 5. The molecule has 0 saturated carbocycles. The average Bonchev–Trinajstić information content (AvgIpc) is 2.71. The van der Waals surface area contributed by atoms with Gasteiger partial charge in [0, 0.05) is 19.2 Å². The number of esters is 1. The van der Waals surface area contributed by atoms with Crippen LogP contribution in [0.2, 0.25) is 0 Å². The molecule has 2 rings (SSSR count). The number of carbonyl (C=O) groups is 2. The first-order valence-electron chi connectivity index (χ1n) is 10.0. The molecule has 0 aliphatic carbocycles. The number of benzene rings is 1. The van der Waals surface area contributed by atoms with Crippen LogP contribution in [-0.2, 0) is 22.5 Å². The number of carbonyl (C=O) groups excluding carboxylic acids is 2. The molecule has 0 atom stereocenters. The van der Waals surface area contributed by atoms with Gasteiger partial charge in [0.15, 0.2) is 12.3 Å². The number of nitrogens with zero attached hydrogens (tertiary/aromatic N) is 2. The molecule has 1 amide bonds. The first-order valence-corrected chi connectivity index (χ1v) is 10.0. The summed E-state index contributed by atoms with van der Waals surface area (Å²) in [6, 6.07) is 10.9. The van der Waals surface area contributed by atoms with Crippen LogP contribution in [0.3, 0.4) is 0 Å². The van der Waals surface area contributed by atoms with Gasteiger partial charge in [0.1, 0.15) is 0 Å². The van der Waals surface area contributed by atoms with Crippen LogP contribution >= 0.6 is 0 Å². The van der Waals surface area contributed by atoms with Gasteiger partial charge in [-0.25, -0.2) is 9.48 Å². The minimum Gasteiger partial charge on any atom is -0.451 e. The molecule has 0 bridgehead atoms. The third-order valence-corrected chi connectivity index (χ3v) is 4.52. The maximum Gasteiger partial charge on any atom is 0.359 e. The van der Waals surface area contributed by atoms with Crippen LogP contribution in [0.4, 0.5) is 0 Å². The van der Waals surface area contributed by atoms with Crippen molar-refractivity contribution in [1.29, 1.82) is 0 Å². The molecule has 7 heteroatoms. The van der Waals surface area contributed by atoms with Gasteiger partial charge < -0.3 is 10.1 Å². The third kappa shape index (κ3) is 7.18.